The van der Waals surface area contributed by atoms with Crippen LogP contribution < -0.4 is 5.32 Å². The van der Waals surface area contributed by atoms with E-state index in [1.54, 1.807) is 13.0 Å². The van der Waals surface area contributed by atoms with Gasteiger partial charge < -0.3 is 4.74 Å². The van der Waals surface area contributed by atoms with Gasteiger partial charge in [-0.15, -0.1) is 0 Å². The highest BCUT2D eigenvalue weighted by Crippen LogP contribution is 2.00. The van der Waals surface area contributed by atoms with Crippen LogP contribution in [0.3, 0.4) is 0 Å². The Kier molecular flexibility index (Phi) is 6.02. The second-order valence-electron chi connectivity index (χ2n) is 3.64. The third-order valence-corrected chi connectivity index (χ3v) is 2.10. The molecule has 0 saturated carbocycles. The van der Waals surface area contributed by atoms with Crippen molar-refractivity contribution in [3.63, 3.8) is 0 Å². The van der Waals surface area contributed by atoms with Gasteiger partial charge in [0.15, 0.2) is 0 Å². The molecule has 0 atom stereocenters. The van der Waals surface area contributed by atoms with Crippen LogP contribution >= 0.6 is 0 Å². The first-order valence-corrected chi connectivity index (χ1v) is 5.84. The molecule has 0 aliphatic rings. The lowest BCUT2D eigenvalue weighted by atomic mass is 10.2. The van der Waals surface area contributed by atoms with E-state index in [9.17, 15) is 14.4 Å². The lowest BCUT2D eigenvalue weighted by molar-refractivity contribution is -0.146. The molecule has 0 aliphatic carbocycles. The second-order valence-corrected chi connectivity index (χ2v) is 3.64. The summed E-state index contributed by atoms with van der Waals surface area (Å²) < 4.78 is 4.59. The van der Waals surface area contributed by atoms with Crippen molar-refractivity contribution in [2.24, 2.45) is 0 Å². The Hall–Kier alpha value is -2.43. The molecule has 5 nitrogen and oxygen atoms in total. The molecule has 0 spiro atoms. The van der Waals surface area contributed by atoms with E-state index in [2.05, 4.69) is 10.1 Å². The summed E-state index contributed by atoms with van der Waals surface area (Å²) in [4.78, 5) is 33.7. The Bertz CT molecular complexity index is 479. The van der Waals surface area contributed by atoms with Crippen LogP contribution in [0, 0.1) is 0 Å². The number of ether oxygens (including phenoxy) is 1. The van der Waals surface area contributed by atoms with Gasteiger partial charge in [-0.3, -0.25) is 19.7 Å². The lowest BCUT2D eigenvalue weighted by Gasteiger charge is -2.01. The largest absolute Gasteiger partial charge is 0.466 e. The molecule has 19 heavy (non-hydrogen) atoms. The first kappa shape index (κ1) is 14.6. The van der Waals surface area contributed by atoms with Crippen molar-refractivity contribution in [2.45, 2.75) is 13.3 Å². The minimum absolute atomic E-state index is 0.202. The summed E-state index contributed by atoms with van der Waals surface area (Å²) in [5.74, 6) is -1.90. The quantitative estimate of drug-likeness (QED) is 0.492. The van der Waals surface area contributed by atoms with Crippen molar-refractivity contribution in [1.29, 1.82) is 0 Å². The highest BCUT2D eigenvalue weighted by molar-refractivity contribution is 6.07. The molecule has 0 saturated heterocycles. The first-order chi connectivity index (χ1) is 9.11. The zero-order chi connectivity index (χ0) is 14.1. The molecule has 0 fully saturated rings. The van der Waals surface area contributed by atoms with Crippen LogP contribution in [0.1, 0.15) is 18.9 Å². The molecule has 1 aromatic carbocycles. The number of carbonyl (C=O) groups excluding carboxylic acids is 3. The highest BCUT2D eigenvalue weighted by atomic mass is 16.5. The van der Waals surface area contributed by atoms with Crippen molar-refractivity contribution in [2.75, 3.05) is 6.61 Å². The van der Waals surface area contributed by atoms with Crippen molar-refractivity contribution >= 4 is 23.9 Å². The van der Waals surface area contributed by atoms with Gasteiger partial charge in [-0.05, 0) is 18.6 Å². The van der Waals surface area contributed by atoms with E-state index in [0.717, 1.165) is 5.56 Å². The van der Waals surface area contributed by atoms with E-state index in [4.69, 9.17) is 0 Å². The molecule has 2 amide bonds. The van der Waals surface area contributed by atoms with Gasteiger partial charge in [-0.1, -0.05) is 30.3 Å². The number of esters is 1. The summed E-state index contributed by atoms with van der Waals surface area (Å²) >= 11 is 0. The maximum Gasteiger partial charge on any atom is 0.315 e. The smallest absolute Gasteiger partial charge is 0.315 e. The summed E-state index contributed by atoms with van der Waals surface area (Å²) in [6.07, 6.45) is 2.35. The van der Waals surface area contributed by atoms with Crippen LogP contribution in [-0.2, 0) is 19.1 Å². The summed E-state index contributed by atoms with van der Waals surface area (Å²) in [7, 11) is 0. The van der Waals surface area contributed by atoms with E-state index in [1.807, 2.05) is 30.3 Å². The Morgan fingerprint density at radius 2 is 1.89 bits per heavy atom. The molecule has 0 aromatic heterocycles. The summed E-state index contributed by atoms with van der Waals surface area (Å²) in [5.41, 5.74) is 0.843. The predicted molar refractivity (Wildman–Crippen MR) is 69.9 cm³/mol. The number of hydrogen-bond acceptors (Lipinski definition) is 4. The number of carbonyl (C=O) groups is 3. The second kappa shape index (κ2) is 7.81. The third kappa shape index (κ3) is 6.16. The third-order valence-electron chi connectivity index (χ3n) is 2.10. The standard InChI is InChI=1S/C14H15NO4/c1-2-19-14(18)10-13(17)15-12(16)9-8-11-6-4-3-5-7-11/h3-9H,2,10H2,1H3,(H,15,16,17)/b9-8+. The van der Waals surface area contributed by atoms with E-state index in [-0.39, 0.29) is 6.61 Å². The minimum atomic E-state index is -0.679. The van der Waals surface area contributed by atoms with Crippen LogP contribution in [0.2, 0.25) is 0 Å². The fourth-order valence-electron chi connectivity index (χ4n) is 1.30. The van der Waals surface area contributed by atoms with E-state index in [0.29, 0.717) is 0 Å². The average molecular weight is 261 g/mol. The molecule has 5 heteroatoms. The lowest BCUT2D eigenvalue weighted by Crippen LogP contribution is -2.30. The zero-order valence-corrected chi connectivity index (χ0v) is 10.6. The van der Waals surface area contributed by atoms with Gasteiger partial charge in [0.05, 0.1) is 6.61 Å². The monoisotopic (exact) mass is 261 g/mol. The molecule has 0 heterocycles. The molecule has 1 N–H and O–H groups in total. The number of benzene rings is 1. The molecule has 100 valence electrons. The zero-order valence-electron chi connectivity index (χ0n) is 10.6. The van der Waals surface area contributed by atoms with Gasteiger partial charge in [0, 0.05) is 6.08 Å². The molecule has 0 aliphatic heterocycles. The molecule has 1 aromatic rings. The van der Waals surface area contributed by atoms with Crippen molar-refractivity contribution in [1.82, 2.24) is 5.32 Å². The van der Waals surface area contributed by atoms with Gasteiger partial charge in [0.1, 0.15) is 6.42 Å². The molecular formula is C14H15NO4. The van der Waals surface area contributed by atoms with Crippen molar-refractivity contribution < 1.29 is 19.1 Å². The van der Waals surface area contributed by atoms with Crippen LogP contribution in [-0.4, -0.2) is 24.4 Å². The van der Waals surface area contributed by atoms with Gasteiger partial charge in [0.25, 0.3) is 5.91 Å². The van der Waals surface area contributed by atoms with E-state index >= 15 is 0 Å². The van der Waals surface area contributed by atoms with E-state index in [1.165, 1.54) is 6.08 Å². The Morgan fingerprint density at radius 1 is 1.21 bits per heavy atom. The number of hydrogen-bond donors (Lipinski definition) is 1. The fourth-order valence-corrected chi connectivity index (χ4v) is 1.30. The highest BCUT2D eigenvalue weighted by Gasteiger charge is 2.11. The summed E-state index contributed by atoms with van der Waals surface area (Å²) in [6.45, 7) is 1.84. The molecule has 0 unspecified atom stereocenters. The summed E-state index contributed by atoms with van der Waals surface area (Å²) in [5, 5.41) is 2.07. The average Bonchev–Trinajstić information content (AvgIpc) is 2.37. The SMILES string of the molecule is CCOC(=O)CC(=O)NC(=O)/C=C/c1ccccc1. The van der Waals surface area contributed by atoms with Gasteiger partial charge in [0.2, 0.25) is 5.91 Å². The predicted octanol–water partition coefficient (Wildman–Crippen LogP) is 1.30. The number of rotatable bonds is 5. The molecule has 1 rings (SSSR count). The summed E-state index contributed by atoms with van der Waals surface area (Å²) in [6, 6.07) is 9.18. The van der Waals surface area contributed by atoms with Crippen molar-refractivity contribution in [3.8, 4) is 0 Å². The Balaban J connectivity index is 2.41. The van der Waals surface area contributed by atoms with Gasteiger partial charge >= 0.3 is 5.97 Å². The molecule has 0 bridgehead atoms. The van der Waals surface area contributed by atoms with Crippen LogP contribution in [0.25, 0.3) is 6.08 Å². The molecular weight excluding hydrogens is 246 g/mol. The maximum absolute atomic E-state index is 11.4. The Labute approximate surface area is 111 Å². The number of imide groups is 1. The first-order valence-electron chi connectivity index (χ1n) is 5.84. The van der Waals surface area contributed by atoms with Gasteiger partial charge in [-0.25, -0.2) is 0 Å². The Morgan fingerprint density at radius 3 is 2.53 bits per heavy atom. The molecule has 0 radical (unpaired) electrons. The van der Waals surface area contributed by atoms with Crippen LogP contribution in [0.15, 0.2) is 36.4 Å². The maximum atomic E-state index is 11.4. The van der Waals surface area contributed by atoms with Crippen molar-refractivity contribution in [3.05, 3.63) is 42.0 Å². The fraction of sp³-hybridized carbons (Fsp3) is 0.214. The van der Waals surface area contributed by atoms with Crippen LogP contribution in [0.4, 0.5) is 0 Å². The topological polar surface area (TPSA) is 72.5 Å². The van der Waals surface area contributed by atoms with E-state index < -0.39 is 24.2 Å². The van der Waals surface area contributed by atoms with Gasteiger partial charge in [-0.2, -0.15) is 0 Å². The normalized spacial score (nSPS) is 10.2. The van der Waals surface area contributed by atoms with Crippen LogP contribution in [0.5, 0.6) is 0 Å². The number of amides is 2. The minimum Gasteiger partial charge on any atom is -0.466 e. The number of nitrogens with one attached hydrogen (secondary N) is 1.